The maximum Gasteiger partial charge on any atom is 0.281 e. The highest BCUT2D eigenvalue weighted by molar-refractivity contribution is 6.00. The Kier molecular flexibility index (Phi) is 2.08. The highest BCUT2D eigenvalue weighted by Crippen LogP contribution is 2.26. The molecule has 16 heavy (non-hydrogen) atoms. The molecule has 1 heterocycles. The Hall–Kier alpha value is -2.44. The first kappa shape index (κ1) is 10.1. The monoisotopic (exact) mass is 220 g/mol. The number of nitro benzene ring substituents is 1. The van der Waals surface area contributed by atoms with E-state index in [2.05, 4.69) is 5.10 Å². The predicted molar refractivity (Wildman–Crippen MR) is 55.9 cm³/mol. The number of primary amides is 1. The van der Waals surface area contributed by atoms with Gasteiger partial charge in [0.2, 0.25) is 5.91 Å². The van der Waals surface area contributed by atoms with Gasteiger partial charge in [-0.15, -0.1) is 0 Å². The molecule has 2 aromatic rings. The quantitative estimate of drug-likeness (QED) is 0.590. The summed E-state index contributed by atoms with van der Waals surface area (Å²) in [5, 5.41) is 15.1. The maximum absolute atomic E-state index is 11.0. The van der Waals surface area contributed by atoms with Crippen LogP contribution < -0.4 is 5.73 Å². The van der Waals surface area contributed by atoms with Gasteiger partial charge < -0.3 is 5.73 Å². The number of benzene rings is 1. The summed E-state index contributed by atoms with van der Waals surface area (Å²) >= 11 is 0. The summed E-state index contributed by atoms with van der Waals surface area (Å²) in [5.41, 5.74) is 5.54. The lowest BCUT2D eigenvalue weighted by Gasteiger charge is -1.99. The zero-order valence-electron chi connectivity index (χ0n) is 8.38. The van der Waals surface area contributed by atoms with Crippen LogP contribution in [-0.2, 0) is 7.05 Å². The van der Waals surface area contributed by atoms with Gasteiger partial charge in [-0.05, 0) is 6.07 Å². The first-order valence-corrected chi connectivity index (χ1v) is 4.40. The summed E-state index contributed by atoms with van der Waals surface area (Å²) in [5.74, 6) is -0.703. The molecule has 0 aliphatic heterocycles. The van der Waals surface area contributed by atoms with Gasteiger partial charge in [-0.3, -0.25) is 19.6 Å². The van der Waals surface area contributed by atoms with Crippen LogP contribution in [0.15, 0.2) is 18.3 Å². The van der Waals surface area contributed by atoms with Gasteiger partial charge in [-0.25, -0.2) is 0 Å². The molecule has 0 fully saturated rings. The third-order valence-corrected chi connectivity index (χ3v) is 2.33. The number of aromatic nitrogens is 2. The fourth-order valence-electron chi connectivity index (χ4n) is 1.52. The van der Waals surface area contributed by atoms with E-state index in [1.165, 1.54) is 16.9 Å². The van der Waals surface area contributed by atoms with Gasteiger partial charge in [0.05, 0.1) is 22.0 Å². The van der Waals surface area contributed by atoms with E-state index in [1.54, 1.807) is 7.05 Å². The number of fused-ring (bicyclic) bond motifs is 1. The average Bonchev–Trinajstić information content (AvgIpc) is 2.59. The van der Waals surface area contributed by atoms with Gasteiger partial charge in [-0.2, -0.15) is 5.10 Å². The third kappa shape index (κ3) is 1.38. The second kappa shape index (κ2) is 3.30. The molecule has 1 aromatic heterocycles. The normalized spacial score (nSPS) is 10.6. The molecular formula is C9H8N4O3. The van der Waals surface area contributed by atoms with Crippen molar-refractivity contribution in [2.24, 2.45) is 12.8 Å². The average molecular weight is 220 g/mol. The Morgan fingerprint density at radius 3 is 2.81 bits per heavy atom. The Morgan fingerprint density at radius 2 is 2.25 bits per heavy atom. The molecule has 2 rings (SSSR count). The Labute approximate surface area is 89.6 Å². The standard InChI is InChI=1S/C9H8N4O3/c1-12-7-2-5(9(10)14)3-8(13(15)16)6(7)4-11-12/h2-4H,1H3,(H2,10,14). The van der Waals surface area contributed by atoms with E-state index >= 15 is 0 Å². The maximum atomic E-state index is 11.0. The lowest BCUT2D eigenvalue weighted by Crippen LogP contribution is -2.11. The van der Waals surface area contributed by atoms with Crippen LogP contribution in [0.4, 0.5) is 5.69 Å². The van der Waals surface area contributed by atoms with Crippen molar-refractivity contribution in [3.8, 4) is 0 Å². The molecule has 0 radical (unpaired) electrons. The molecule has 1 aromatic carbocycles. The van der Waals surface area contributed by atoms with Crippen LogP contribution in [0.2, 0.25) is 0 Å². The Morgan fingerprint density at radius 1 is 1.56 bits per heavy atom. The van der Waals surface area contributed by atoms with Gasteiger partial charge in [-0.1, -0.05) is 0 Å². The molecule has 0 aliphatic rings. The molecule has 0 spiro atoms. The molecule has 82 valence electrons. The van der Waals surface area contributed by atoms with Crippen LogP contribution in [0.3, 0.4) is 0 Å². The zero-order valence-corrected chi connectivity index (χ0v) is 8.38. The van der Waals surface area contributed by atoms with Crippen molar-refractivity contribution < 1.29 is 9.72 Å². The van der Waals surface area contributed by atoms with Crippen molar-refractivity contribution in [3.63, 3.8) is 0 Å². The molecule has 0 atom stereocenters. The number of carbonyl (C=O) groups excluding carboxylic acids is 1. The van der Waals surface area contributed by atoms with Gasteiger partial charge in [0.15, 0.2) is 0 Å². The minimum atomic E-state index is -0.703. The zero-order chi connectivity index (χ0) is 11.9. The molecule has 7 nitrogen and oxygen atoms in total. The van der Waals surface area contributed by atoms with E-state index in [0.717, 1.165) is 6.07 Å². The van der Waals surface area contributed by atoms with Crippen LogP contribution in [0.1, 0.15) is 10.4 Å². The first-order valence-electron chi connectivity index (χ1n) is 4.40. The van der Waals surface area contributed by atoms with Crippen molar-refractivity contribution in [1.29, 1.82) is 0 Å². The molecule has 1 amide bonds. The van der Waals surface area contributed by atoms with Gasteiger partial charge >= 0.3 is 0 Å². The van der Waals surface area contributed by atoms with Crippen molar-refractivity contribution in [2.45, 2.75) is 0 Å². The van der Waals surface area contributed by atoms with Crippen molar-refractivity contribution in [1.82, 2.24) is 9.78 Å². The van der Waals surface area contributed by atoms with Crippen LogP contribution >= 0.6 is 0 Å². The third-order valence-electron chi connectivity index (χ3n) is 2.33. The molecule has 0 bridgehead atoms. The van der Waals surface area contributed by atoms with Crippen LogP contribution in [0.25, 0.3) is 10.9 Å². The predicted octanol–water partition coefficient (Wildman–Crippen LogP) is 0.580. The second-order valence-electron chi connectivity index (χ2n) is 3.32. The fraction of sp³-hybridized carbons (Fsp3) is 0.111. The van der Waals surface area contributed by atoms with E-state index < -0.39 is 10.8 Å². The summed E-state index contributed by atoms with van der Waals surface area (Å²) in [6.07, 6.45) is 1.39. The molecule has 0 saturated heterocycles. The highest BCUT2D eigenvalue weighted by Gasteiger charge is 2.18. The number of nitro groups is 1. The van der Waals surface area contributed by atoms with Crippen LogP contribution in [-0.4, -0.2) is 20.6 Å². The number of amides is 1. The van der Waals surface area contributed by atoms with Crippen molar-refractivity contribution in [2.75, 3.05) is 0 Å². The number of non-ortho nitro benzene ring substituents is 1. The molecule has 0 unspecified atom stereocenters. The number of carbonyl (C=O) groups is 1. The summed E-state index contributed by atoms with van der Waals surface area (Å²) in [6.45, 7) is 0. The number of nitrogens with two attached hydrogens (primary N) is 1. The SMILES string of the molecule is Cn1ncc2c([N+](=O)[O-])cc(C(N)=O)cc21. The summed E-state index contributed by atoms with van der Waals surface area (Å²) < 4.78 is 1.45. The highest BCUT2D eigenvalue weighted by atomic mass is 16.6. The number of nitrogens with zero attached hydrogens (tertiary/aromatic N) is 3. The van der Waals surface area contributed by atoms with Gasteiger partial charge in [0, 0.05) is 18.7 Å². The minimum Gasteiger partial charge on any atom is -0.366 e. The summed E-state index contributed by atoms with van der Waals surface area (Å²) in [6, 6.07) is 2.64. The molecular weight excluding hydrogens is 212 g/mol. The largest absolute Gasteiger partial charge is 0.366 e. The smallest absolute Gasteiger partial charge is 0.281 e. The van der Waals surface area contributed by atoms with E-state index in [0.29, 0.717) is 10.9 Å². The first-order chi connectivity index (χ1) is 7.50. The lowest BCUT2D eigenvalue weighted by molar-refractivity contribution is -0.383. The van der Waals surface area contributed by atoms with Crippen molar-refractivity contribution in [3.05, 3.63) is 34.0 Å². The number of aryl methyl sites for hydroxylation is 1. The van der Waals surface area contributed by atoms with Crippen molar-refractivity contribution >= 4 is 22.5 Å². The molecule has 2 N–H and O–H groups in total. The molecule has 7 heteroatoms. The number of hydrogen-bond acceptors (Lipinski definition) is 4. The van der Waals surface area contributed by atoms with Crippen LogP contribution in [0.5, 0.6) is 0 Å². The number of hydrogen-bond donors (Lipinski definition) is 1. The Bertz CT molecular complexity index is 602. The summed E-state index contributed by atoms with van der Waals surface area (Å²) in [7, 11) is 1.64. The minimum absolute atomic E-state index is 0.0998. The molecule has 0 saturated carbocycles. The summed E-state index contributed by atoms with van der Waals surface area (Å²) in [4.78, 5) is 21.3. The van der Waals surface area contributed by atoms with E-state index in [9.17, 15) is 14.9 Å². The second-order valence-corrected chi connectivity index (χ2v) is 3.32. The van der Waals surface area contributed by atoms with Gasteiger partial charge in [0.1, 0.15) is 0 Å². The molecule has 0 aliphatic carbocycles. The lowest BCUT2D eigenvalue weighted by atomic mass is 10.1. The topological polar surface area (TPSA) is 104 Å². The van der Waals surface area contributed by atoms with Gasteiger partial charge in [0.25, 0.3) is 5.69 Å². The van der Waals surface area contributed by atoms with Crippen LogP contribution in [0, 0.1) is 10.1 Å². The Balaban J connectivity index is 2.86. The van der Waals surface area contributed by atoms with E-state index in [-0.39, 0.29) is 11.3 Å². The fourth-order valence-corrected chi connectivity index (χ4v) is 1.52. The van der Waals surface area contributed by atoms with E-state index in [1.807, 2.05) is 0 Å². The van der Waals surface area contributed by atoms with E-state index in [4.69, 9.17) is 5.73 Å². The number of rotatable bonds is 2.